The molecule has 0 aromatic carbocycles. The van der Waals surface area contributed by atoms with Crippen LogP contribution in [0.15, 0.2) is 0 Å². The van der Waals surface area contributed by atoms with Crippen molar-refractivity contribution in [1.29, 1.82) is 0 Å². The summed E-state index contributed by atoms with van der Waals surface area (Å²) in [7, 11) is 0. The lowest BCUT2D eigenvalue weighted by atomic mass is 9.95. The van der Waals surface area contributed by atoms with E-state index in [9.17, 15) is 9.59 Å². The molecule has 0 radical (unpaired) electrons. The summed E-state index contributed by atoms with van der Waals surface area (Å²) in [4.78, 5) is 23.8. The molecule has 0 bridgehead atoms. The highest BCUT2D eigenvalue weighted by atomic mass is 16.5. The van der Waals surface area contributed by atoms with Crippen molar-refractivity contribution >= 4 is 11.9 Å². The van der Waals surface area contributed by atoms with Crippen LogP contribution in [0.3, 0.4) is 0 Å². The summed E-state index contributed by atoms with van der Waals surface area (Å²) in [5.74, 6) is 0.673. The second-order valence-electron chi connectivity index (χ2n) is 9.04. The van der Waals surface area contributed by atoms with E-state index in [0.717, 1.165) is 76.5 Å². The highest BCUT2D eigenvalue weighted by Crippen LogP contribution is 2.19. The maximum absolute atomic E-state index is 12.1. The number of unbranched alkanes of at least 4 members (excludes halogenated alkanes) is 9. The largest absolute Gasteiger partial charge is 0.466 e. The Morgan fingerprint density at radius 2 is 1.16 bits per heavy atom. The molecule has 0 saturated carbocycles. The van der Waals surface area contributed by atoms with Crippen LogP contribution in [0.25, 0.3) is 0 Å². The molecule has 1 atom stereocenters. The van der Waals surface area contributed by atoms with Crippen molar-refractivity contribution < 1.29 is 19.1 Å². The fourth-order valence-corrected chi connectivity index (χ4v) is 3.92. The highest BCUT2D eigenvalue weighted by Gasteiger charge is 2.14. The van der Waals surface area contributed by atoms with Crippen LogP contribution in [0.1, 0.15) is 143 Å². The quantitative estimate of drug-likeness (QED) is 0.126. The Hall–Kier alpha value is -1.06. The lowest BCUT2D eigenvalue weighted by molar-refractivity contribution is -0.150. The van der Waals surface area contributed by atoms with Gasteiger partial charge in [0, 0.05) is 12.8 Å². The second kappa shape index (κ2) is 22.1. The van der Waals surface area contributed by atoms with Gasteiger partial charge in [0.15, 0.2) is 0 Å². The van der Waals surface area contributed by atoms with Crippen molar-refractivity contribution in [3.63, 3.8) is 0 Å². The van der Waals surface area contributed by atoms with Crippen LogP contribution < -0.4 is 0 Å². The van der Waals surface area contributed by atoms with Gasteiger partial charge in [0.1, 0.15) is 6.10 Å². The zero-order valence-electron chi connectivity index (χ0n) is 21.2. The molecule has 0 aromatic rings. The number of ether oxygens (including phenoxy) is 2. The molecular weight excluding hydrogens is 388 g/mol. The first-order valence-electron chi connectivity index (χ1n) is 13.4. The van der Waals surface area contributed by atoms with Crippen LogP contribution in [-0.4, -0.2) is 24.6 Å². The van der Waals surface area contributed by atoms with Crippen LogP contribution >= 0.6 is 0 Å². The van der Waals surface area contributed by atoms with Gasteiger partial charge in [-0.25, -0.2) is 0 Å². The average molecular weight is 441 g/mol. The first-order chi connectivity index (χ1) is 15.1. The molecule has 0 fully saturated rings. The maximum atomic E-state index is 12.1. The molecular formula is C27H52O4. The van der Waals surface area contributed by atoms with E-state index in [1.54, 1.807) is 0 Å². The number of carbonyl (C=O) groups excluding carboxylic acids is 2. The van der Waals surface area contributed by atoms with E-state index in [1.807, 2.05) is 0 Å². The molecule has 0 amide bonds. The average Bonchev–Trinajstić information content (AvgIpc) is 2.77. The summed E-state index contributed by atoms with van der Waals surface area (Å²) in [5, 5.41) is 0. The Labute approximate surface area is 193 Å². The van der Waals surface area contributed by atoms with Crippen molar-refractivity contribution in [3.05, 3.63) is 0 Å². The Morgan fingerprint density at radius 1 is 0.613 bits per heavy atom. The van der Waals surface area contributed by atoms with Gasteiger partial charge in [0.25, 0.3) is 0 Å². The standard InChI is InChI=1S/C27H52O4/c1-5-9-10-15-18-23-30-26(28)19-16-13-11-12-14-17-20-27(29)31-25(8-4)22-21-24(6-2)7-3/h24-25H,5-23H2,1-4H3. The van der Waals surface area contributed by atoms with Gasteiger partial charge in [0.2, 0.25) is 0 Å². The van der Waals surface area contributed by atoms with Crippen molar-refractivity contribution in [3.8, 4) is 0 Å². The predicted molar refractivity (Wildman–Crippen MR) is 130 cm³/mol. The summed E-state index contributed by atoms with van der Waals surface area (Å²) in [6, 6.07) is 0. The van der Waals surface area contributed by atoms with E-state index >= 15 is 0 Å². The number of rotatable bonds is 22. The summed E-state index contributed by atoms with van der Waals surface area (Å²) >= 11 is 0. The van der Waals surface area contributed by atoms with Gasteiger partial charge in [-0.15, -0.1) is 0 Å². The summed E-state index contributed by atoms with van der Waals surface area (Å²) in [6.45, 7) is 9.36. The van der Waals surface area contributed by atoms with Crippen LogP contribution in [0, 0.1) is 5.92 Å². The van der Waals surface area contributed by atoms with Gasteiger partial charge in [-0.1, -0.05) is 91.9 Å². The Kier molecular flexibility index (Phi) is 21.4. The fourth-order valence-electron chi connectivity index (χ4n) is 3.92. The zero-order chi connectivity index (χ0) is 23.2. The zero-order valence-corrected chi connectivity index (χ0v) is 21.2. The molecule has 1 unspecified atom stereocenters. The molecule has 4 nitrogen and oxygen atoms in total. The SMILES string of the molecule is CCCCCCCOC(=O)CCCCCCCCC(=O)OC(CC)CCC(CC)CC. The molecule has 0 spiro atoms. The van der Waals surface area contributed by atoms with Gasteiger partial charge >= 0.3 is 11.9 Å². The van der Waals surface area contributed by atoms with Crippen molar-refractivity contribution in [2.45, 2.75) is 149 Å². The minimum atomic E-state index is -0.0482. The molecule has 0 aromatic heterocycles. The van der Waals surface area contributed by atoms with Crippen molar-refractivity contribution in [1.82, 2.24) is 0 Å². The van der Waals surface area contributed by atoms with Crippen molar-refractivity contribution in [2.24, 2.45) is 5.92 Å². The Bertz CT molecular complexity index is 417. The molecule has 0 heterocycles. The lowest BCUT2D eigenvalue weighted by Crippen LogP contribution is -2.18. The van der Waals surface area contributed by atoms with Crippen LogP contribution in [-0.2, 0) is 19.1 Å². The number of hydrogen-bond acceptors (Lipinski definition) is 4. The minimum absolute atomic E-state index is 0.0335. The molecule has 0 rings (SSSR count). The molecule has 0 N–H and O–H groups in total. The van der Waals surface area contributed by atoms with E-state index in [4.69, 9.17) is 9.47 Å². The normalized spacial score (nSPS) is 12.2. The molecule has 184 valence electrons. The molecule has 0 aliphatic heterocycles. The van der Waals surface area contributed by atoms with E-state index in [1.165, 1.54) is 32.1 Å². The lowest BCUT2D eigenvalue weighted by Gasteiger charge is -2.19. The van der Waals surface area contributed by atoms with E-state index < -0.39 is 0 Å². The molecule has 4 heteroatoms. The van der Waals surface area contributed by atoms with Gasteiger partial charge < -0.3 is 9.47 Å². The van der Waals surface area contributed by atoms with Gasteiger partial charge in [-0.2, -0.15) is 0 Å². The number of hydrogen-bond donors (Lipinski definition) is 0. The monoisotopic (exact) mass is 440 g/mol. The summed E-state index contributed by atoms with van der Waals surface area (Å²) < 4.78 is 11.0. The first kappa shape index (κ1) is 29.9. The topological polar surface area (TPSA) is 52.6 Å². The minimum Gasteiger partial charge on any atom is -0.466 e. The maximum Gasteiger partial charge on any atom is 0.306 e. The van der Waals surface area contributed by atoms with Gasteiger partial charge in [-0.3, -0.25) is 9.59 Å². The van der Waals surface area contributed by atoms with Crippen LogP contribution in [0.2, 0.25) is 0 Å². The molecule has 0 aliphatic carbocycles. The van der Waals surface area contributed by atoms with Gasteiger partial charge in [0.05, 0.1) is 6.61 Å². The molecule has 0 aliphatic rings. The molecule has 31 heavy (non-hydrogen) atoms. The van der Waals surface area contributed by atoms with Crippen LogP contribution in [0.4, 0.5) is 0 Å². The number of carbonyl (C=O) groups is 2. The highest BCUT2D eigenvalue weighted by molar-refractivity contribution is 5.69. The first-order valence-corrected chi connectivity index (χ1v) is 13.4. The third-order valence-corrected chi connectivity index (χ3v) is 6.33. The summed E-state index contributed by atoms with van der Waals surface area (Å²) in [6.07, 6.45) is 18.7. The third kappa shape index (κ3) is 19.4. The van der Waals surface area contributed by atoms with Crippen LogP contribution in [0.5, 0.6) is 0 Å². The van der Waals surface area contributed by atoms with Crippen molar-refractivity contribution in [2.75, 3.05) is 6.61 Å². The fraction of sp³-hybridized carbons (Fsp3) is 0.926. The summed E-state index contributed by atoms with van der Waals surface area (Å²) in [5.41, 5.74) is 0. The smallest absolute Gasteiger partial charge is 0.306 e. The van der Waals surface area contributed by atoms with Gasteiger partial charge in [-0.05, 0) is 44.4 Å². The van der Waals surface area contributed by atoms with E-state index in [0.29, 0.717) is 19.4 Å². The predicted octanol–water partition coefficient (Wildman–Crippen LogP) is 8.16. The third-order valence-electron chi connectivity index (χ3n) is 6.33. The van der Waals surface area contributed by atoms with E-state index in [-0.39, 0.29) is 18.0 Å². The van der Waals surface area contributed by atoms with E-state index in [2.05, 4.69) is 27.7 Å². The second-order valence-corrected chi connectivity index (χ2v) is 9.04. The number of esters is 2. The Morgan fingerprint density at radius 3 is 1.74 bits per heavy atom. The Balaban J connectivity index is 3.56. The molecule has 0 saturated heterocycles.